The van der Waals surface area contributed by atoms with E-state index < -0.39 is 11.8 Å². The Bertz CT molecular complexity index is 617. The van der Waals surface area contributed by atoms with E-state index in [0.717, 1.165) is 5.56 Å². The van der Waals surface area contributed by atoms with Gasteiger partial charge in [-0.15, -0.1) is 0 Å². The van der Waals surface area contributed by atoms with Crippen LogP contribution in [0, 0.1) is 19.7 Å². The Kier molecular flexibility index (Phi) is 4.02. The summed E-state index contributed by atoms with van der Waals surface area (Å²) < 4.78 is 24.0. The second-order valence-electron chi connectivity index (χ2n) is 4.34. The second-order valence-corrected chi connectivity index (χ2v) is 4.34. The summed E-state index contributed by atoms with van der Waals surface area (Å²) in [6.07, 6.45) is -0.176. The lowest BCUT2D eigenvalue weighted by Crippen LogP contribution is -2.05. The molecule has 0 radical (unpaired) electrons. The molecule has 1 heterocycles. The van der Waals surface area contributed by atoms with Gasteiger partial charge in [-0.05, 0) is 31.5 Å². The molecular weight excluding hydrogens is 265 g/mol. The van der Waals surface area contributed by atoms with Gasteiger partial charge in [0.2, 0.25) is 0 Å². The van der Waals surface area contributed by atoms with Crippen molar-refractivity contribution in [2.45, 2.75) is 20.3 Å². The minimum atomic E-state index is -0.988. The molecule has 0 aliphatic heterocycles. The molecule has 0 amide bonds. The van der Waals surface area contributed by atoms with Gasteiger partial charge in [0.25, 0.3) is 0 Å². The van der Waals surface area contributed by atoms with Crippen LogP contribution >= 0.6 is 0 Å². The zero-order valence-electron chi connectivity index (χ0n) is 11.1. The summed E-state index contributed by atoms with van der Waals surface area (Å²) in [7, 11) is 0. The van der Waals surface area contributed by atoms with E-state index >= 15 is 0 Å². The van der Waals surface area contributed by atoms with Crippen molar-refractivity contribution in [1.82, 2.24) is 5.16 Å². The molecular formula is C14H14FNO4. The summed E-state index contributed by atoms with van der Waals surface area (Å²) in [5.41, 5.74) is 2.08. The Morgan fingerprint density at radius 3 is 2.75 bits per heavy atom. The molecule has 0 bridgehead atoms. The standard InChI is InChI=1S/C14H14FNO4/c1-8-14(9(2)20-16-8)10-3-4-12(11(15)7-10)19-6-5-13(17)18/h3-4,7H,5-6H2,1-2H3,(H,17,18). The number of halogens is 1. The highest BCUT2D eigenvalue weighted by Gasteiger charge is 2.14. The van der Waals surface area contributed by atoms with Crippen molar-refractivity contribution < 1.29 is 23.6 Å². The minimum absolute atomic E-state index is 0.0294. The number of aromatic nitrogens is 1. The van der Waals surface area contributed by atoms with Crippen LogP contribution in [0.25, 0.3) is 11.1 Å². The highest BCUT2D eigenvalue weighted by molar-refractivity contribution is 5.68. The van der Waals surface area contributed by atoms with Crippen LogP contribution in [0.15, 0.2) is 22.7 Å². The van der Waals surface area contributed by atoms with Gasteiger partial charge in [0.1, 0.15) is 5.76 Å². The van der Waals surface area contributed by atoms with Gasteiger partial charge in [-0.25, -0.2) is 4.39 Å². The Balaban J connectivity index is 2.20. The molecule has 1 aromatic heterocycles. The van der Waals surface area contributed by atoms with Crippen LogP contribution in [0.4, 0.5) is 4.39 Å². The highest BCUT2D eigenvalue weighted by Crippen LogP contribution is 2.30. The van der Waals surface area contributed by atoms with Crippen molar-refractivity contribution in [3.8, 4) is 16.9 Å². The summed E-state index contributed by atoms with van der Waals surface area (Å²) in [5, 5.41) is 12.3. The fraction of sp³-hybridized carbons (Fsp3) is 0.286. The lowest BCUT2D eigenvalue weighted by atomic mass is 10.0. The van der Waals surface area contributed by atoms with E-state index in [9.17, 15) is 9.18 Å². The van der Waals surface area contributed by atoms with Crippen molar-refractivity contribution in [1.29, 1.82) is 0 Å². The van der Waals surface area contributed by atoms with Crippen LogP contribution in [0.1, 0.15) is 17.9 Å². The third-order valence-corrected chi connectivity index (χ3v) is 2.83. The lowest BCUT2D eigenvalue weighted by Gasteiger charge is -2.07. The van der Waals surface area contributed by atoms with Crippen LogP contribution < -0.4 is 4.74 Å². The Labute approximate surface area is 115 Å². The molecule has 2 rings (SSSR count). The number of hydrogen-bond acceptors (Lipinski definition) is 4. The first-order chi connectivity index (χ1) is 9.49. The first-order valence-corrected chi connectivity index (χ1v) is 6.06. The third kappa shape index (κ3) is 2.96. The third-order valence-electron chi connectivity index (χ3n) is 2.83. The van der Waals surface area contributed by atoms with Gasteiger partial charge in [0.05, 0.1) is 18.7 Å². The van der Waals surface area contributed by atoms with Gasteiger partial charge >= 0.3 is 5.97 Å². The zero-order chi connectivity index (χ0) is 14.7. The van der Waals surface area contributed by atoms with Gasteiger partial charge in [0, 0.05) is 5.56 Å². The summed E-state index contributed by atoms with van der Waals surface area (Å²) >= 11 is 0. The first kappa shape index (κ1) is 14.0. The van der Waals surface area contributed by atoms with Gasteiger partial charge in [-0.3, -0.25) is 4.79 Å². The second kappa shape index (κ2) is 5.73. The van der Waals surface area contributed by atoms with E-state index in [4.69, 9.17) is 14.4 Å². The number of carboxylic acids is 1. The fourth-order valence-electron chi connectivity index (χ4n) is 1.92. The predicted molar refractivity (Wildman–Crippen MR) is 69.1 cm³/mol. The number of hydrogen-bond donors (Lipinski definition) is 1. The first-order valence-electron chi connectivity index (χ1n) is 6.06. The predicted octanol–water partition coefficient (Wildman–Crippen LogP) is 2.95. The van der Waals surface area contributed by atoms with E-state index in [1.165, 1.54) is 12.1 Å². The molecule has 0 saturated carbocycles. The quantitative estimate of drug-likeness (QED) is 0.911. The molecule has 0 atom stereocenters. The van der Waals surface area contributed by atoms with Crippen LogP contribution in [0.5, 0.6) is 5.75 Å². The number of carbonyl (C=O) groups is 1. The smallest absolute Gasteiger partial charge is 0.306 e. The van der Waals surface area contributed by atoms with Gasteiger partial charge in [-0.2, -0.15) is 0 Å². The molecule has 20 heavy (non-hydrogen) atoms. The largest absolute Gasteiger partial charge is 0.490 e. The number of nitrogens with zero attached hydrogens (tertiary/aromatic N) is 1. The SMILES string of the molecule is Cc1noc(C)c1-c1ccc(OCCC(=O)O)c(F)c1. The lowest BCUT2D eigenvalue weighted by molar-refractivity contribution is -0.137. The van der Waals surface area contributed by atoms with E-state index in [1.807, 2.05) is 0 Å². The van der Waals surface area contributed by atoms with E-state index in [1.54, 1.807) is 19.9 Å². The highest BCUT2D eigenvalue weighted by atomic mass is 19.1. The number of benzene rings is 1. The summed E-state index contributed by atoms with van der Waals surface area (Å²) in [5.74, 6) is -0.895. The van der Waals surface area contributed by atoms with Crippen molar-refractivity contribution >= 4 is 5.97 Å². The monoisotopic (exact) mass is 279 g/mol. The van der Waals surface area contributed by atoms with E-state index in [-0.39, 0.29) is 18.8 Å². The molecule has 2 aromatic rings. The van der Waals surface area contributed by atoms with Crippen LogP contribution in [-0.2, 0) is 4.79 Å². The molecule has 5 nitrogen and oxygen atoms in total. The molecule has 0 aliphatic rings. The molecule has 1 aromatic carbocycles. The molecule has 0 saturated heterocycles. The Morgan fingerprint density at radius 2 is 2.20 bits per heavy atom. The number of carboxylic acid groups (broad SMARTS) is 1. The van der Waals surface area contributed by atoms with Crippen molar-refractivity contribution in [3.63, 3.8) is 0 Å². The molecule has 6 heteroatoms. The zero-order valence-corrected chi connectivity index (χ0v) is 11.1. The number of aryl methyl sites for hydroxylation is 2. The number of aliphatic carboxylic acids is 1. The van der Waals surface area contributed by atoms with Crippen molar-refractivity contribution in [2.75, 3.05) is 6.61 Å². The van der Waals surface area contributed by atoms with Crippen LogP contribution in [0.2, 0.25) is 0 Å². The fourth-order valence-corrected chi connectivity index (χ4v) is 1.92. The van der Waals surface area contributed by atoms with Crippen LogP contribution in [-0.4, -0.2) is 22.8 Å². The number of ether oxygens (including phenoxy) is 1. The van der Waals surface area contributed by atoms with Gasteiger partial charge in [-0.1, -0.05) is 11.2 Å². The summed E-state index contributed by atoms with van der Waals surface area (Å²) in [6.45, 7) is 3.46. The Hall–Kier alpha value is -2.37. The maximum absolute atomic E-state index is 13.9. The maximum Gasteiger partial charge on any atom is 0.306 e. The van der Waals surface area contributed by atoms with Crippen molar-refractivity contribution in [3.05, 3.63) is 35.5 Å². The molecule has 0 spiro atoms. The topological polar surface area (TPSA) is 72.6 Å². The molecule has 0 fully saturated rings. The van der Waals surface area contributed by atoms with E-state index in [2.05, 4.69) is 5.16 Å². The minimum Gasteiger partial charge on any atom is -0.490 e. The summed E-state index contributed by atoms with van der Waals surface area (Å²) in [6, 6.07) is 4.48. The molecule has 106 valence electrons. The average molecular weight is 279 g/mol. The number of rotatable bonds is 5. The van der Waals surface area contributed by atoms with Crippen molar-refractivity contribution in [2.24, 2.45) is 0 Å². The van der Waals surface area contributed by atoms with Gasteiger partial charge in [0.15, 0.2) is 11.6 Å². The van der Waals surface area contributed by atoms with Gasteiger partial charge < -0.3 is 14.4 Å². The average Bonchev–Trinajstić information content (AvgIpc) is 2.71. The normalized spacial score (nSPS) is 10.6. The van der Waals surface area contributed by atoms with Crippen LogP contribution in [0.3, 0.4) is 0 Å². The summed E-state index contributed by atoms with van der Waals surface area (Å²) in [4.78, 5) is 10.4. The van der Waals surface area contributed by atoms with E-state index in [0.29, 0.717) is 17.0 Å². The molecule has 0 unspecified atom stereocenters. The molecule has 1 N–H and O–H groups in total. The Morgan fingerprint density at radius 1 is 1.45 bits per heavy atom. The maximum atomic E-state index is 13.9. The molecule has 0 aliphatic carbocycles.